The third kappa shape index (κ3) is 3.84. The maximum absolute atomic E-state index is 12.2. The van der Waals surface area contributed by atoms with Crippen LogP contribution in [0.5, 0.6) is 0 Å². The van der Waals surface area contributed by atoms with Crippen molar-refractivity contribution in [1.29, 1.82) is 0 Å². The molecular formula is C13H15NO4S3. The zero-order valence-electron chi connectivity index (χ0n) is 11.5. The second-order valence-electron chi connectivity index (χ2n) is 4.48. The van der Waals surface area contributed by atoms with E-state index in [2.05, 4.69) is 4.72 Å². The van der Waals surface area contributed by atoms with E-state index < -0.39 is 19.9 Å². The van der Waals surface area contributed by atoms with Gasteiger partial charge in [0.2, 0.25) is 0 Å². The summed E-state index contributed by atoms with van der Waals surface area (Å²) >= 11 is 1.20. The van der Waals surface area contributed by atoms with Crippen molar-refractivity contribution >= 4 is 36.9 Å². The number of aryl methyl sites for hydroxylation is 1. The minimum atomic E-state index is -3.69. The van der Waals surface area contributed by atoms with Gasteiger partial charge in [-0.05, 0) is 36.8 Å². The normalized spacial score (nSPS) is 12.3. The Bertz CT molecular complexity index is 851. The predicted octanol–water partition coefficient (Wildman–Crippen LogP) is 2.51. The molecule has 0 aliphatic carbocycles. The van der Waals surface area contributed by atoms with Gasteiger partial charge in [0, 0.05) is 11.1 Å². The van der Waals surface area contributed by atoms with Crippen molar-refractivity contribution in [2.75, 3.05) is 11.0 Å². The van der Waals surface area contributed by atoms with Crippen LogP contribution in [0.1, 0.15) is 11.8 Å². The first kappa shape index (κ1) is 16.0. The molecule has 114 valence electrons. The topological polar surface area (TPSA) is 80.3 Å². The van der Waals surface area contributed by atoms with Crippen LogP contribution >= 0.6 is 11.3 Å². The van der Waals surface area contributed by atoms with Crippen LogP contribution in [-0.2, 0) is 26.3 Å². The molecule has 0 atom stereocenters. The summed E-state index contributed by atoms with van der Waals surface area (Å²) in [6.07, 6.45) is 1.84. The van der Waals surface area contributed by atoms with Crippen molar-refractivity contribution in [3.8, 4) is 0 Å². The SMILES string of the molecule is CCc1ccc(S(=O)(=O)Nc2cccc(S(C)(=O)=O)c2)s1. The standard InChI is InChI=1S/C13H15NO4S3/c1-3-11-7-8-13(19-11)21(17,18)14-10-5-4-6-12(9-10)20(2,15)16/h4-9,14H,3H2,1-2H3. The zero-order chi connectivity index (χ0) is 15.7. The maximum atomic E-state index is 12.2. The number of hydrogen-bond acceptors (Lipinski definition) is 5. The van der Waals surface area contributed by atoms with E-state index in [-0.39, 0.29) is 14.8 Å². The number of hydrogen-bond donors (Lipinski definition) is 1. The van der Waals surface area contributed by atoms with E-state index in [1.165, 1.54) is 35.6 Å². The fraction of sp³-hybridized carbons (Fsp3) is 0.231. The van der Waals surface area contributed by atoms with Crippen molar-refractivity contribution in [1.82, 2.24) is 0 Å². The fourth-order valence-electron chi connectivity index (χ4n) is 1.69. The second kappa shape index (κ2) is 5.78. The van der Waals surface area contributed by atoms with Crippen LogP contribution in [0.15, 0.2) is 45.5 Å². The molecular weight excluding hydrogens is 330 g/mol. The highest BCUT2D eigenvalue weighted by Crippen LogP contribution is 2.25. The smallest absolute Gasteiger partial charge is 0.271 e. The third-order valence-corrected chi connectivity index (χ3v) is 6.98. The van der Waals surface area contributed by atoms with E-state index in [1.54, 1.807) is 12.1 Å². The third-order valence-electron chi connectivity index (χ3n) is 2.76. The van der Waals surface area contributed by atoms with Crippen molar-refractivity contribution in [2.24, 2.45) is 0 Å². The molecule has 2 aromatic rings. The van der Waals surface area contributed by atoms with Crippen molar-refractivity contribution < 1.29 is 16.8 Å². The van der Waals surface area contributed by atoms with Gasteiger partial charge in [0.1, 0.15) is 4.21 Å². The largest absolute Gasteiger partial charge is 0.279 e. The highest BCUT2D eigenvalue weighted by molar-refractivity contribution is 7.94. The first-order valence-electron chi connectivity index (χ1n) is 6.14. The molecule has 0 spiro atoms. The van der Waals surface area contributed by atoms with E-state index in [0.717, 1.165) is 17.6 Å². The molecule has 0 aliphatic rings. The Morgan fingerprint density at radius 2 is 1.81 bits per heavy atom. The van der Waals surface area contributed by atoms with Gasteiger partial charge in [0.25, 0.3) is 10.0 Å². The first-order chi connectivity index (χ1) is 9.72. The molecule has 0 radical (unpaired) electrons. The minimum absolute atomic E-state index is 0.0723. The average molecular weight is 345 g/mol. The highest BCUT2D eigenvalue weighted by atomic mass is 32.2. The van der Waals surface area contributed by atoms with Crippen molar-refractivity contribution in [3.63, 3.8) is 0 Å². The number of nitrogens with one attached hydrogen (secondary N) is 1. The number of sulfonamides is 1. The van der Waals surface area contributed by atoms with Crippen molar-refractivity contribution in [2.45, 2.75) is 22.4 Å². The van der Waals surface area contributed by atoms with Gasteiger partial charge in [-0.3, -0.25) is 4.72 Å². The summed E-state index contributed by atoms with van der Waals surface area (Å²) in [4.78, 5) is 1.04. The maximum Gasteiger partial charge on any atom is 0.271 e. The summed E-state index contributed by atoms with van der Waals surface area (Å²) in [6, 6.07) is 9.06. The molecule has 0 bridgehead atoms. The average Bonchev–Trinajstić information content (AvgIpc) is 2.87. The Labute approximate surface area is 128 Å². The summed E-state index contributed by atoms with van der Waals surface area (Å²) in [5, 5.41) is 0. The van der Waals surface area contributed by atoms with Crippen LogP contribution in [0, 0.1) is 0 Å². The Morgan fingerprint density at radius 3 is 2.38 bits per heavy atom. The molecule has 2 rings (SSSR count). The van der Waals surface area contributed by atoms with E-state index in [9.17, 15) is 16.8 Å². The van der Waals surface area contributed by atoms with Gasteiger partial charge in [-0.1, -0.05) is 13.0 Å². The van der Waals surface area contributed by atoms with Crippen LogP contribution in [0.4, 0.5) is 5.69 Å². The van der Waals surface area contributed by atoms with Gasteiger partial charge in [0.15, 0.2) is 9.84 Å². The molecule has 0 amide bonds. The lowest BCUT2D eigenvalue weighted by Gasteiger charge is -2.07. The summed E-state index contributed by atoms with van der Waals surface area (Å²) < 4.78 is 50.1. The van der Waals surface area contributed by atoms with E-state index in [1.807, 2.05) is 6.92 Å². The molecule has 0 saturated carbocycles. The molecule has 0 fully saturated rings. The van der Waals surface area contributed by atoms with Crippen molar-refractivity contribution in [3.05, 3.63) is 41.3 Å². The van der Waals surface area contributed by atoms with Gasteiger partial charge >= 0.3 is 0 Å². The lowest BCUT2D eigenvalue weighted by Crippen LogP contribution is -2.11. The van der Waals surface area contributed by atoms with Crippen LogP contribution in [0.2, 0.25) is 0 Å². The van der Waals surface area contributed by atoms with Crippen LogP contribution in [-0.4, -0.2) is 23.1 Å². The molecule has 5 nitrogen and oxygen atoms in total. The van der Waals surface area contributed by atoms with E-state index >= 15 is 0 Å². The summed E-state index contributed by atoms with van der Waals surface area (Å²) in [6.45, 7) is 1.95. The number of anilines is 1. The van der Waals surface area contributed by atoms with E-state index in [4.69, 9.17) is 0 Å². The Morgan fingerprint density at radius 1 is 1.10 bits per heavy atom. The monoisotopic (exact) mass is 345 g/mol. The van der Waals surface area contributed by atoms with Crippen LogP contribution in [0.25, 0.3) is 0 Å². The summed E-state index contributed by atoms with van der Waals surface area (Å²) in [5.74, 6) is 0. The number of rotatable bonds is 5. The number of thiophene rings is 1. The van der Waals surface area contributed by atoms with Gasteiger partial charge in [-0.15, -0.1) is 11.3 Å². The quantitative estimate of drug-likeness (QED) is 0.903. The summed E-state index contributed by atoms with van der Waals surface area (Å²) in [5.41, 5.74) is 0.226. The Balaban J connectivity index is 2.33. The van der Waals surface area contributed by atoms with E-state index in [0.29, 0.717) is 0 Å². The van der Waals surface area contributed by atoms with Gasteiger partial charge < -0.3 is 0 Å². The lowest BCUT2D eigenvalue weighted by molar-refractivity contribution is 0.600. The van der Waals surface area contributed by atoms with Gasteiger partial charge in [-0.25, -0.2) is 16.8 Å². The van der Waals surface area contributed by atoms with Crippen LogP contribution in [0.3, 0.4) is 0 Å². The summed E-state index contributed by atoms with van der Waals surface area (Å²) in [7, 11) is -7.07. The number of sulfone groups is 1. The molecule has 8 heteroatoms. The van der Waals surface area contributed by atoms with Gasteiger partial charge in [-0.2, -0.15) is 0 Å². The molecule has 1 N–H and O–H groups in total. The fourth-order valence-corrected chi connectivity index (χ4v) is 4.70. The molecule has 1 aromatic heterocycles. The van der Waals surface area contributed by atoms with Gasteiger partial charge in [0.05, 0.1) is 10.6 Å². The Kier molecular flexibility index (Phi) is 4.40. The number of benzene rings is 1. The minimum Gasteiger partial charge on any atom is -0.279 e. The zero-order valence-corrected chi connectivity index (χ0v) is 14.0. The molecule has 0 aliphatic heterocycles. The molecule has 1 aromatic carbocycles. The first-order valence-corrected chi connectivity index (χ1v) is 10.3. The highest BCUT2D eigenvalue weighted by Gasteiger charge is 2.17. The molecule has 21 heavy (non-hydrogen) atoms. The predicted molar refractivity (Wildman–Crippen MR) is 84.1 cm³/mol. The van der Waals surface area contributed by atoms with Crippen LogP contribution < -0.4 is 4.72 Å². The molecule has 0 saturated heterocycles. The molecule has 0 unspecified atom stereocenters. The second-order valence-corrected chi connectivity index (χ2v) is 9.57. The Hall–Kier alpha value is -1.38. The lowest BCUT2D eigenvalue weighted by atomic mass is 10.3. The molecule has 1 heterocycles.